The number of amides is 1. The van der Waals surface area contributed by atoms with Crippen LogP contribution in [0.25, 0.3) is 0 Å². The van der Waals surface area contributed by atoms with E-state index in [1.807, 2.05) is 13.0 Å². The van der Waals surface area contributed by atoms with E-state index in [0.29, 0.717) is 5.56 Å². The molecule has 0 saturated heterocycles. The number of nitrogens with one attached hydrogen (secondary N) is 1. The summed E-state index contributed by atoms with van der Waals surface area (Å²) < 4.78 is 39.2. The summed E-state index contributed by atoms with van der Waals surface area (Å²) in [7, 11) is 0. The second-order valence-corrected chi connectivity index (χ2v) is 6.74. The van der Waals surface area contributed by atoms with Gasteiger partial charge in [0.05, 0.1) is 16.9 Å². The smallest absolute Gasteiger partial charge is 0.370 e. The minimum absolute atomic E-state index is 0.237. The Morgan fingerprint density at radius 2 is 2.00 bits per heavy atom. The number of para-hydroxylation sites is 1. The van der Waals surface area contributed by atoms with Crippen molar-refractivity contribution in [3.63, 3.8) is 0 Å². The molecule has 132 valence electrons. The molecule has 3 rings (SSSR count). The fourth-order valence-corrected chi connectivity index (χ4v) is 3.81. The van der Waals surface area contributed by atoms with Crippen molar-refractivity contribution in [2.45, 2.75) is 18.0 Å². The Morgan fingerprint density at radius 3 is 2.72 bits per heavy atom. The van der Waals surface area contributed by atoms with Gasteiger partial charge in [-0.25, -0.2) is 0 Å². The van der Waals surface area contributed by atoms with Crippen molar-refractivity contribution in [1.82, 2.24) is 0 Å². The number of nitrogens with zero attached hydrogens (tertiary/aromatic N) is 1. The highest BCUT2D eigenvalue weighted by atomic mass is 32.2. The first kappa shape index (κ1) is 17.7. The predicted molar refractivity (Wildman–Crippen MR) is 94.5 cm³/mol. The van der Waals surface area contributed by atoms with Crippen LogP contribution in [0.4, 0.5) is 24.5 Å². The molecule has 0 aromatic heterocycles. The van der Waals surface area contributed by atoms with E-state index in [2.05, 4.69) is 10.2 Å². The molecular weight excluding hydrogens is 349 g/mol. The number of hydrogen-bond donors (Lipinski definition) is 1. The topological polar surface area (TPSA) is 32.3 Å². The van der Waals surface area contributed by atoms with E-state index in [1.165, 1.54) is 18.2 Å². The Morgan fingerprint density at radius 1 is 1.24 bits per heavy atom. The second-order valence-electron chi connectivity index (χ2n) is 5.61. The number of carbonyl (C=O) groups excluding carboxylic acids is 1. The third kappa shape index (κ3) is 3.76. The summed E-state index contributed by atoms with van der Waals surface area (Å²) in [5, 5.41) is 2.39. The van der Waals surface area contributed by atoms with Gasteiger partial charge in [0.15, 0.2) is 0 Å². The van der Waals surface area contributed by atoms with Gasteiger partial charge in [0.25, 0.3) is 5.91 Å². The molecule has 7 heteroatoms. The van der Waals surface area contributed by atoms with Crippen molar-refractivity contribution in [1.29, 1.82) is 0 Å². The minimum Gasteiger partial charge on any atom is -0.370 e. The third-order valence-corrected chi connectivity index (χ3v) is 5.09. The summed E-state index contributed by atoms with van der Waals surface area (Å²) in [5.41, 5.74) is 0.207. The van der Waals surface area contributed by atoms with Crippen LogP contribution in [0, 0.1) is 0 Å². The van der Waals surface area contributed by atoms with Crippen molar-refractivity contribution in [2.75, 3.05) is 29.1 Å². The molecule has 25 heavy (non-hydrogen) atoms. The molecule has 0 saturated carbocycles. The Bertz CT molecular complexity index is 792. The van der Waals surface area contributed by atoms with Gasteiger partial charge in [0, 0.05) is 29.3 Å². The highest BCUT2D eigenvalue weighted by Gasteiger charge is 2.33. The molecule has 0 atom stereocenters. The van der Waals surface area contributed by atoms with Crippen LogP contribution in [0.3, 0.4) is 0 Å². The lowest BCUT2D eigenvalue weighted by molar-refractivity contribution is -0.136. The lowest BCUT2D eigenvalue weighted by atomic mass is 10.1. The monoisotopic (exact) mass is 366 g/mol. The molecule has 2 aromatic carbocycles. The fourth-order valence-electron chi connectivity index (χ4n) is 2.78. The molecule has 0 spiro atoms. The summed E-state index contributed by atoms with van der Waals surface area (Å²) in [4.78, 5) is 15.7. The van der Waals surface area contributed by atoms with E-state index in [4.69, 9.17) is 0 Å². The average Bonchev–Trinajstić information content (AvgIpc) is 2.60. The van der Waals surface area contributed by atoms with E-state index in [9.17, 15) is 18.0 Å². The third-order valence-electron chi connectivity index (χ3n) is 4.04. The summed E-state index contributed by atoms with van der Waals surface area (Å²) in [5.74, 6) is 0.428. The van der Waals surface area contributed by atoms with Crippen molar-refractivity contribution in [2.24, 2.45) is 0 Å². The Hall–Kier alpha value is -2.15. The minimum atomic E-state index is -4.52. The molecule has 0 radical (unpaired) electrons. The van der Waals surface area contributed by atoms with Gasteiger partial charge in [-0.05, 0) is 37.3 Å². The van der Waals surface area contributed by atoms with Gasteiger partial charge in [0.1, 0.15) is 0 Å². The SMILES string of the molecule is CCN1CCSc2ccc(C(=O)Nc3ccccc3C(F)(F)F)cc21. The van der Waals surface area contributed by atoms with Gasteiger partial charge in [0.2, 0.25) is 0 Å². The number of benzene rings is 2. The highest BCUT2D eigenvalue weighted by molar-refractivity contribution is 7.99. The van der Waals surface area contributed by atoms with E-state index < -0.39 is 17.6 Å². The van der Waals surface area contributed by atoms with Crippen LogP contribution in [-0.2, 0) is 6.18 Å². The molecule has 1 aliphatic heterocycles. The number of carbonyl (C=O) groups is 1. The number of rotatable bonds is 3. The average molecular weight is 366 g/mol. The molecule has 1 heterocycles. The van der Waals surface area contributed by atoms with Crippen molar-refractivity contribution in [3.05, 3.63) is 53.6 Å². The van der Waals surface area contributed by atoms with Gasteiger partial charge < -0.3 is 10.2 Å². The number of fused-ring (bicyclic) bond motifs is 1. The highest BCUT2D eigenvalue weighted by Crippen LogP contribution is 2.37. The van der Waals surface area contributed by atoms with Crippen LogP contribution in [0.2, 0.25) is 0 Å². The normalized spacial score (nSPS) is 14.2. The maximum absolute atomic E-state index is 13.1. The number of anilines is 2. The second kappa shape index (κ2) is 7.00. The number of halogens is 3. The number of hydrogen-bond acceptors (Lipinski definition) is 3. The molecular formula is C18H17F3N2OS. The van der Waals surface area contributed by atoms with Crippen molar-refractivity contribution < 1.29 is 18.0 Å². The van der Waals surface area contributed by atoms with E-state index in [-0.39, 0.29) is 5.69 Å². The zero-order valence-electron chi connectivity index (χ0n) is 13.6. The largest absolute Gasteiger partial charge is 0.418 e. The zero-order chi connectivity index (χ0) is 18.0. The maximum Gasteiger partial charge on any atom is 0.418 e. The van der Waals surface area contributed by atoms with Gasteiger partial charge in [-0.2, -0.15) is 13.2 Å². The standard InChI is InChI=1S/C18H17F3N2OS/c1-2-23-9-10-25-16-8-7-12(11-15(16)23)17(24)22-14-6-4-3-5-13(14)18(19,20)21/h3-8,11H,2,9-10H2,1H3,(H,22,24). The number of alkyl halides is 3. The van der Waals surface area contributed by atoms with Gasteiger partial charge >= 0.3 is 6.18 Å². The summed E-state index contributed by atoms with van der Waals surface area (Å²) in [6.45, 7) is 3.73. The Kier molecular flexibility index (Phi) is 4.94. The molecule has 1 N–H and O–H groups in total. The lowest BCUT2D eigenvalue weighted by Gasteiger charge is -2.30. The van der Waals surface area contributed by atoms with Gasteiger partial charge in [-0.15, -0.1) is 11.8 Å². The van der Waals surface area contributed by atoms with Crippen LogP contribution < -0.4 is 10.2 Å². The Labute approximate surface area is 148 Å². The lowest BCUT2D eigenvalue weighted by Crippen LogP contribution is -2.29. The quantitative estimate of drug-likeness (QED) is 0.839. The fraction of sp³-hybridized carbons (Fsp3) is 0.278. The first-order chi connectivity index (χ1) is 11.9. The number of thioether (sulfide) groups is 1. The van der Waals surface area contributed by atoms with Crippen LogP contribution in [0.5, 0.6) is 0 Å². The van der Waals surface area contributed by atoms with Crippen LogP contribution >= 0.6 is 11.8 Å². The molecule has 1 amide bonds. The van der Waals surface area contributed by atoms with Crippen molar-refractivity contribution >= 4 is 29.0 Å². The molecule has 3 nitrogen and oxygen atoms in total. The van der Waals surface area contributed by atoms with Crippen LogP contribution in [0.1, 0.15) is 22.8 Å². The van der Waals surface area contributed by atoms with E-state index >= 15 is 0 Å². The molecule has 0 aliphatic carbocycles. The first-order valence-electron chi connectivity index (χ1n) is 7.89. The molecule has 0 unspecified atom stereocenters. The predicted octanol–water partition coefficient (Wildman–Crippen LogP) is 4.89. The van der Waals surface area contributed by atoms with Crippen molar-refractivity contribution in [3.8, 4) is 0 Å². The van der Waals surface area contributed by atoms with Gasteiger partial charge in [-0.1, -0.05) is 12.1 Å². The summed E-state index contributed by atoms with van der Waals surface area (Å²) >= 11 is 1.72. The Balaban J connectivity index is 1.88. The molecule has 0 bridgehead atoms. The summed E-state index contributed by atoms with van der Waals surface area (Å²) in [6.07, 6.45) is -4.52. The maximum atomic E-state index is 13.1. The first-order valence-corrected chi connectivity index (χ1v) is 8.88. The zero-order valence-corrected chi connectivity index (χ0v) is 14.4. The molecule has 2 aromatic rings. The summed E-state index contributed by atoms with van der Waals surface area (Å²) in [6, 6.07) is 10.2. The van der Waals surface area contributed by atoms with E-state index in [1.54, 1.807) is 23.9 Å². The van der Waals surface area contributed by atoms with Crippen LogP contribution in [-0.4, -0.2) is 24.7 Å². The molecule has 1 aliphatic rings. The van der Waals surface area contributed by atoms with E-state index in [0.717, 1.165) is 35.5 Å². The molecule has 0 fully saturated rings. The van der Waals surface area contributed by atoms with Gasteiger partial charge in [-0.3, -0.25) is 4.79 Å². The van der Waals surface area contributed by atoms with Crippen LogP contribution in [0.15, 0.2) is 47.4 Å².